The van der Waals surface area contributed by atoms with Crippen molar-refractivity contribution < 1.29 is 45.7 Å². The number of nitrogens with zero attached hydrogens (tertiary/aromatic N) is 3. The lowest BCUT2D eigenvalue weighted by Crippen LogP contribution is -2.46. The van der Waals surface area contributed by atoms with Gasteiger partial charge in [0.15, 0.2) is 0 Å². The van der Waals surface area contributed by atoms with Gasteiger partial charge in [-0.2, -0.15) is 26.3 Å². The topological polar surface area (TPSA) is 76.9 Å². The second-order valence-corrected chi connectivity index (χ2v) is 11.3. The van der Waals surface area contributed by atoms with Gasteiger partial charge in [-0.3, -0.25) is 4.79 Å². The predicted molar refractivity (Wildman–Crippen MR) is 146 cm³/mol. The fourth-order valence-electron chi connectivity index (χ4n) is 5.22. The van der Waals surface area contributed by atoms with Crippen LogP contribution in [0.5, 0.6) is 0 Å². The summed E-state index contributed by atoms with van der Waals surface area (Å²) in [5.41, 5.74) is -3.97. The molecule has 1 aliphatic rings. The van der Waals surface area contributed by atoms with Crippen molar-refractivity contribution in [1.29, 1.82) is 0 Å². The van der Waals surface area contributed by atoms with Gasteiger partial charge in [-0.1, -0.05) is 6.07 Å². The quantitative estimate of drug-likeness (QED) is 0.340. The lowest BCUT2D eigenvalue weighted by atomic mass is 9.81. The number of carbonyl (C=O) groups is 1. The molecule has 2 aromatic carbocycles. The number of alkyl halides is 6. The number of piperidine rings is 1. The van der Waals surface area contributed by atoms with Crippen molar-refractivity contribution >= 4 is 17.4 Å². The molecule has 0 spiro atoms. The fraction of sp³-hybridized carbons (Fsp3) is 0.400. The molecule has 0 radical (unpaired) electrons. The first-order valence-corrected chi connectivity index (χ1v) is 13.2. The van der Waals surface area contributed by atoms with Gasteiger partial charge in [-0.25, -0.2) is 9.37 Å². The van der Waals surface area contributed by atoms with Gasteiger partial charge in [-0.15, -0.1) is 0 Å². The molecule has 6 nitrogen and oxygen atoms in total. The summed E-state index contributed by atoms with van der Waals surface area (Å²) in [5.74, 6) is -1.03. The summed E-state index contributed by atoms with van der Waals surface area (Å²) in [4.78, 5) is 21.0. The van der Waals surface area contributed by atoms with Crippen LogP contribution >= 0.6 is 0 Å². The highest BCUT2D eigenvalue weighted by atomic mass is 19.4. The lowest BCUT2D eigenvalue weighted by molar-refractivity contribution is -0.143. The zero-order valence-corrected chi connectivity index (χ0v) is 23.7. The number of likely N-dealkylation sites (N-methyl/N-ethyl adjacent to an activating group) is 1. The van der Waals surface area contributed by atoms with E-state index in [1.807, 2.05) is 0 Å². The van der Waals surface area contributed by atoms with E-state index in [1.54, 1.807) is 17.9 Å². The Morgan fingerprint density at radius 3 is 1.93 bits per heavy atom. The number of aromatic nitrogens is 1. The van der Waals surface area contributed by atoms with Gasteiger partial charge in [0.1, 0.15) is 11.6 Å². The highest BCUT2D eigenvalue weighted by Gasteiger charge is 2.41. The lowest BCUT2D eigenvalue weighted by Gasteiger charge is -2.35. The molecule has 0 saturated carbocycles. The van der Waals surface area contributed by atoms with Gasteiger partial charge < -0.3 is 20.0 Å². The molecule has 43 heavy (non-hydrogen) atoms. The van der Waals surface area contributed by atoms with Gasteiger partial charge in [0.05, 0.1) is 40.6 Å². The van der Waals surface area contributed by atoms with Crippen LogP contribution in [-0.4, -0.2) is 53.4 Å². The minimum Gasteiger partial charge on any atom is -0.391 e. The number of hydrogen-bond donors (Lipinski definition) is 2. The number of β-amino-alcohol motifs (C(OH)–C–C–N with tert-alkyl or cyclic N) is 2. The van der Waals surface area contributed by atoms with Crippen molar-refractivity contribution in [3.8, 4) is 11.1 Å². The zero-order valence-electron chi connectivity index (χ0n) is 23.7. The number of hydrogen-bond acceptors (Lipinski definition) is 5. The number of anilines is 2. The summed E-state index contributed by atoms with van der Waals surface area (Å²) in [6, 6.07) is 6.57. The van der Waals surface area contributed by atoms with E-state index in [0.717, 1.165) is 4.90 Å². The molecule has 2 heterocycles. The summed E-state index contributed by atoms with van der Waals surface area (Å²) in [7, 11) is 1.32. The van der Waals surface area contributed by atoms with E-state index in [1.165, 1.54) is 45.3 Å². The van der Waals surface area contributed by atoms with E-state index < -0.39 is 58.4 Å². The van der Waals surface area contributed by atoms with E-state index >= 15 is 0 Å². The minimum atomic E-state index is -5.09. The number of pyridine rings is 1. The normalized spacial score (nSPS) is 18.1. The predicted octanol–water partition coefficient (Wildman–Crippen LogP) is 6.11. The zero-order chi connectivity index (χ0) is 32.1. The van der Waals surface area contributed by atoms with Gasteiger partial charge in [-0.05, 0) is 73.9 Å². The maximum Gasteiger partial charge on any atom is 0.416 e. The van der Waals surface area contributed by atoms with Crippen molar-refractivity contribution in [3.63, 3.8) is 0 Å². The highest BCUT2D eigenvalue weighted by Crippen LogP contribution is 2.41. The Bertz CT molecular complexity index is 1480. The number of aryl methyl sites for hydroxylation is 1. The van der Waals surface area contributed by atoms with Crippen LogP contribution in [0.3, 0.4) is 0 Å². The first kappa shape index (κ1) is 32.2. The van der Waals surface area contributed by atoms with Crippen LogP contribution in [0, 0.1) is 12.7 Å². The molecule has 4 rings (SSSR count). The smallest absolute Gasteiger partial charge is 0.391 e. The molecule has 2 N–H and O–H groups in total. The largest absolute Gasteiger partial charge is 0.416 e. The van der Waals surface area contributed by atoms with Crippen LogP contribution in [-0.2, 0) is 22.6 Å². The van der Waals surface area contributed by atoms with E-state index in [9.17, 15) is 45.7 Å². The third-order valence-corrected chi connectivity index (χ3v) is 7.59. The Labute approximate surface area is 243 Å². The molecule has 0 unspecified atom stereocenters. The number of halogens is 7. The molecule has 1 fully saturated rings. The van der Waals surface area contributed by atoms with Crippen molar-refractivity contribution in [1.82, 2.24) is 4.98 Å². The molecule has 1 saturated heterocycles. The first-order chi connectivity index (χ1) is 19.8. The summed E-state index contributed by atoms with van der Waals surface area (Å²) in [6.45, 7) is 4.39. The molecule has 232 valence electrons. The van der Waals surface area contributed by atoms with Gasteiger partial charge >= 0.3 is 12.4 Å². The Balaban J connectivity index is 1.82. The van der Waals surface area contributed by atoms with Crippen LogP contribution in [0.25, 0.3) is 11.1 Å². The molecule has 1 aromatic heterocycles. The van der Waals surface area contributed by atoms with Gasteiger partial charge in [0.2, 0.25) is 5.91 Å². The molecular weight excluding hydrogens is 583 g/mol. The standard InChI is InChI=1S/C30H30F7N3O3/c1-16-7-20(31)5-6-23(16)24-12-26(40-14-21(41)11-22(42)15-40)38-13-25(24)39(4)27(43)28(2,3)17-8-18(29(32,33)34)10-19(9-17)30(35,36)37/h5-10,12-13,21-22,41-42H,11,14-15H2,1-4H3/t21-,22+. The fourth-order valence-corrected chi connectivity index (χ4v) is 5.22. The molecule has 2 atom stereocenters. The number of amides is 1. The van der Waals surface area contributed by atoms with Gasteiger partial charge in [0, 0.05) is 32.1 Å². The number of aliphatic hydroxyl groups excluding tert-OH is 2. The molecule has 1 amide bonds. The second kappa shape index (κ2) is 11.4. The molecule has 13 heteroatoms. The van der Waals surface area contributed by atoms with E-state index in [-0.39, 0.29) is 31.3 Å². The van der Waals surface area contributed by atoms with Crippen molar-refractivity contribution in [2.24, 2.45) is 0 Å². The average molecular weight is 614 g/mol. The van der Waals surface area contributed by atoms with Crippen LogP contribution in [0.15, 0.2) is 48.7 Å². The van der Waals surface area contributed by atoms with Crippen LogP contribution < -0.4 is 9.80 Å². The van der Waals surface area contributed by atoms with Crippen molar-refractivity contribution in [3.05, 3.63) is 76.7 Å². The van der Waals surface area contributed by atoms with E-state index in [0.29, 0.717) is 34.6 Å². The van der Waals surface area contributed by atoms with Crippen LogP contribution in [0.4, 0.5) is 42.2 Å². The Morgan fingerprint density at radius 1 is 0.884 bits per heavy atom. The van der Waals surface area contributed by atoms with E-state index in [2.05, 4.69) is 4.98 Å². The minimum absolute atomic E-state index is 0.000298. The van der Waals surface area contributed by atoms with Crippen molar-refractivity contribution in [2.45, 2.75) is 57.2 Å². The summed E-state index contributed by atoms with van der Waals surface area (Å²) in [5, 5.41) is 20.3. The van der Waals surface area contributed by atoms with E-state index in [4.69, 9.17) is 0 Å². The van der Waals surface area contributed by atoms with Crippen LogP contribution in [0.1, 0.15) is 42.5 Å². The molecular formula is C30H30F7N3O3. The average Bonchev–Trinajstić information content (AvgIpc) is 2.90. The molecule has 0 aliphatic carbocycles. The SMILES string of the molecule is Cc1cc(F)ccc1-c1cc(N2C[C@H](O)C[C@H](O)C2)ncc1N(C)C(=O)C(C)(C)c1cc(C(F)(F)F)cc(C(F)(F)F)c1. The Morgan fingerprint density at radius 2 is 1.42 bits per heavy atom. The summed E-state index contributed by atoms with van der Waals surface area (Å²) < 4.78 is 95.4. The molecule has 1 aliphatic heterocycles. The third kappa shape index (κ3) is 6.77. The number of rotatable bonds is 5. The third-order valence-electron chi connectivity index (χ3n) is 7.59. The first-order valence-electron chi connectivity index (χ1n) is 13.2. The molecule has 3 aromatic rings. The summed E-state index contributed by atoms with van der Waals surface area (Å²) >= 11 is 0. The Kier molecular flexibility index (Phi) is 8.55. The second-order valence-electron chi connectivity index (χ2n) is 11.3. The summed E-state index contributed by atoms with van der Waals surface area (Å²) in [6.07, 6.45) is -10.4. The maximum absolute atomic E-state index is 14.0. The Hall–Kier alpha value is -3.71. The number of carbonyl (C=O) groups excluding carboxylic acids is 1. The monoisotopic (exact) mass is 613 g/mol. The number of benzene rings is 2. The van der Waals surface area contributed by atoms with Crippen LogP contribution in [0.2, 0.25) is 0 Å². The van der Waals surface area contributed by atoms with Crippen molar-refractivity contribution in [2.75, 3.05) is 29.9 Å². The molecule has 0 bridgehead atoms. The van der Waals surface area contributed by atoms with Gasteiger partial charge in [0.25, 0.3) is 0 Å². The highest BCUT2D eigenvalue weighted by molar-refractivity contribution is 6.03. The number of aliphatic hydroxyl groups is 2. The maximum atomic E-state index is 14.0.